The van der Waals surface area contributed by atoms with Crippen LogP contribution in [0.5, 0.6) is 17.2 Å². The Hall–Kier alpha value is -3.22. The lowest BCUT2D eigenvalue weighted by Gasteiger charge is -2.16. The molecule has 7 heteroatoms. The van der Waals surface area contributed by atoms with Gasteiger partial charge >= 0.3 is 5.97 Å². The van der Waals surface area contributed by atoms with Gasteiger partial charge in [-0.2, -0.15) is 0 Å². The van der Waals surface area contributed by atoms with Crippen molar-refractivity contribution in [3.63, 3.8) is 0 Å². The maximum absolute atomic E-state index is 12.4. The number of amides is 1. The van der Waals surface area contributed by atoms with E-state index >= 15 is 0 Å². The zero-order chi connectivity index (χ0) is 20.5. The molecule has 0 aliphatic rings. The van der Waals surface area contributed by atoms with Gasteiger partial charge in [-0.25, -0.2) is 4.79 Å². The Morgan fingerprint density at radius 2 is 1.64 bits per heavy atom. The van der Waals surface area contributed by atoms with Crippen molar-refractivity contribution in [2.24, 2.45) is 0 Å². The van der Waals surface area contributed by atoms with Crippen LogP contribution in [0.4, 0.5) is 5.69 Å². The van der Waals surface area contributed by atoms with E-state index in [1.807, 2.05) is 19.9 Å². The smallest absolute Gasteiger partial charge is 0.339 e. The molecule has 0 aromatic heterocycles. The molecule has 0 unspecified atom stereocenters. The highest BCUT2D eigenvalue weighted by atomic mass is 16.5. The van der Waals surface area contributed by atoms with E-state index in [9.17, 15) is 9.59 Å². The van der Waals surface area contributed by atoms with E-state index in [0.29, 0.717) is 36.1 Å². The minimum Gasteiger partial charge on any atom is -0.493 e. The lowest BCUT2D eigenvalue weighted by molar-refractivity contribution is -0.123. The number of ether oxygens (including phenoxy) is 4. The number of carbonyl (C=O) groups excluding carboxylic acids is 2. The zero-order valence-corrected chi connectivity index (χ0v) is 16.5. The Labute approximate surface area is 164 Å². The van der Waals surface area contributed by atoms with Crippen molar-refractivity contribution in [1.82, 2.24) is 0 Å². The third kappa shape index (κ3) is 5.39. The molecular formula is C21H25NO6. The lowest BCUT2D eigenvalue weighted by atomic mass is 10.2. The molecule has 0 fully saturated rings. The number of methoxy groups -OCH3 is 1. The minimum atomic E-state index is -1.00. The van der Waals surface area contributed by atoms with Gasteiger partial charge in [0.1, 0.15) is 5.75 Å². The Morgan fingerprint density at radius 3 is 2.32 bits per heavy atom. The predicted molar refractivity (Wildman–Crippen MR) is 105 cm³/mol. The summed E-state index contributed by atoms with van der Waals surface area (Å²) in [6, 6.07) is 11.8. The molecule has 28 heavy (non-hydrogen) atoms. The number of carbonyl (C=O) groups is 2. The number of anilines is 1. The normalized spacial score (nSPS) is 11.3. The van der Waals surface area contributed by atoms with E-state index in [1.54, 1.807) is 30.3 Å². The largest absolute Gasteiger partial charge is 0.493 e. The summed E-state index contributed by atoms with van der Waals surface area (Å²) in [7, 11) is 1.52. The van der Waals surface area contributed by atoms with E-state index < -0.39 is 18.0 Å². The fourth-order valence-corrected chi connectivity index (χ4v) is 2.44. The number of benzene rings is 2. The molecule has 0 saturated heterocycles. The third-order valence-corrected chi connectivity index (χ3v) is 3.80. The average Bonchev–Trinajstić information content (AvgIpc) is 2.69. The van der Waals surface area contributed by atoms with Crippen LogP contribution in [-0.4, -0.2) is 38.3 Å². The molecule has 0 aliphatic heterocycles. The molecule has 0 radical (unpaired) electrons. The Kier molecular flexibility index (Phi) is 7.68. The summed E-state index contributed by atoms with van der Waals surface area (Å²) < 4.78 is 21.4. The molecule has 0 heterocycles. The van der Waals surface area contributed by atoms with Crippen molar-refractivity contribution < 1.29 is 28.5 Å². The van der Waals surface area contributed by atoms with E-state index in [-0.39, 0.29) is 5.56 Å². The first-order chi connectivity index (χ1) is 13.5. The van der Waals surface area contributed by atoms with Gasteiger partial charge in [0, 0.05) is 0 Å². The number of para-hydroxylation sites is 2. The van der Waals surface area contributed by atoms with Crippen LogP contribution in [0, 0.1) is 0 Å². The van der Waals surface area contributed by atoms with E-state index in [4.69, 9.17) is 18.9 Å². The summed E-state index contributed by atoms with van der Waals surface area (Å²) in [5.41, 5.74) is 0.777. The number of hydrogen-bond acceptors (Lipinski definition) is 6. The second kappa shape index (κ2) is 10.2. The fraction of sp³-hybridized carbons (Fsp3) is 0.333. The number of rotatable bonds is 9. The maximum Gasteiger partial charge on any atom is 0.339 e. The highest BCUT2D eigenvalue weighted by molar-refractivity contribution is 5.98. The van der Waals surface area contributed by atoms with Crippen LogP contribution < -0.4 is 19.5 Å². The van der Waals surface area contributed by atoms with Crippen LogP contribution in [0.25, 0.3) is 0 Å². The number of esters is 1. The van der Waals surface area contributed by atoms with Crippen LogP contribution in [0.15, 0.2) is 42.5 Å². The van der Waals surface area contributed by atoms with Crippen molar-refractivity contribution in [1.29, 1.82) is 0 Å². The van der Waals surface area contributed by atoms with E-state index in [0.717, 1.165) is 0 Å². The van der Waals surface area contributed by atoms with Gasteiger partial charge in [-0.15, -0.1) is 0 Å². The van der Waals surface area contributed by atoms with Crippen molar-refractivity contribution >= 4 is 17.6 Å². The first-order valence-corrected chi connectivity index (χ1v) is 9.04. The van der Waals surface area contributed by atoms with Gasteiger partial charge in [0.15, 0.2) is 17.6 Å². The molecule has 2 rings (SSSR count). The molecule has 2 aromatic rings. The molecular weight excluding hydrogens is 362 g/mol. The molecule has 0 spiro atoms. The first kappa shape index (κ1) is 21.1. The average molecular weight is 387 g/mol. The highest BCUT2D eigenvalue weighted by Gasteiger charge is 2.21. The van der Waals surface area contributed by atoms with Crippen LogP contribution in [0.3, 0.4) is 0 Å². The second-order valence-corrected chi connectivity index (χ2v) is 5.76. The molecule has 1 N–H and O–H groups in total. The number of nitrogens with one attached hydrogen (secondary N) is 1. The molecule has 0 saturated carbocycles. The van der Waals surface area contributed by atoms with Crippen LogP contribution in [0.2, 0.25) is 0 Å². The molecule has 1 amide bonds. The standard InChI is InChI=1S/C21H25NO6/c1-5-26-17-10-8-7-9-16(17)22-20(23)14(3)28-21(24)15-11-12-18(25-4)19(13-15)27-6-2/h7-14H,5-6H2,1-4H3,(H,22,23)/t14-/m0/s1. The van der Waals surface area contributed by atoms with Crippen LogP contribution >= 0.6 is 0 Å². The van der Waals surface area contributed by atoms with Gasteiger partial charge in [-0.05, 0) is 51.1 Å². The van der Waals surface area contributed by atoms with Crippen molar-refractivity contribution in [2.75, 3.05) is 25.6 Å². The Bertz CT molecular complexity index is 820. The first-order valence-electron chi connectivity index (χ1n) is 9.04. The molecule has 7 nitrogen and oxygen atoms in total. The summed E-state index contributed by atoms with van der Waals surface area (Å²) in [4.78, 5) is 24.8. The molecule has 0 aliphatic carbocycles. The van der Waals surface area contributed by atoms with Gasteiger partial charge in [-0.1, -0.05) is 12.1 Å². The van der Waals surface area contributed by atoms with Gasteiger partial charge in [-0.3, -0.25) is 4.79 Å². The molecule has 1 atom stereocenters. The quantitative estimate of drug-likeness (QED) is 0.661. The van der Waals surface area contributed by atoms with Crippen LogP contribution in [0.1, 0.15) is 31.1 Å². The van der Waals surface area contributed by atoms with Gasteiger partial charge in [0.2, 0.25) is 0 Å². The number of hydrogen-bond donors (Lipinski definition) is 1. The third-order valence-electron chi connectivity index (χ3n) is 3.80. The molecule has 0 bridgehead atoms. The van der Waals surface area contributed by atoms with Crippen molar-refractivity contribution in [3.8, 4) is 17.2 Å². The molecule has 2 aromatic carbocycles. The molecule has 150 valence electrons. The van der Waals surface area contributed by atoms with Gasteiger partial charge < -0.3 is 24.3 Å². The second-order valence-electron chi connectivity index (χ2n) is 5.76. The van der Waals surface area contributed by atoms with Gasteiger partial charge in [0.25, 0.3) is 5.91 Å². The Balaban J connectivity index is 2.06. The van der Waals surface area contributed by atoms with Crippen molar-refractivity contribution in [2.45, 2.75) is 26.9 Å². The Morgan fingerprint density at radius 1 is 0.964 bits per heavy atom. The SMILES string of the molecule is CCOc1ccccc1NC(=O)[C@H](C)OC(=O)c1ccc(OC)c(OCC)c1. The summed E-state index contributed by atoms with van der Waals surface area (Å²) in [6.45, 7) is 6.08. The predicted octanol–water partition coefficient (Wildman–Crippen LogP) is 3.68. The summed E-state index contributed by atoms with van der Waals surface area (Å²) >= 11 is 0. The lowest BCUT2D eigenvalue weighted by Crippen LogP contribution is -2.30. The van der Waals surface area contributed by atoms with Crippen LogP contribution in [-0.2, 0) is 9.53 Å². The van der Waals surface area contributed by atoms with Crippen molar-refractivity contribution in [3.05, 3.63) is 48.0 Å². The summed E-state index contributed by atoms with van der Waals surface area (Å²) in [5.74, 6) is 0.399. The monoisotopic (exact) mass is 387 g/mol. The summed E-state index contributed by atoms with van der Waals surface area (Å²) in [6.07, 6.45) is -1.00. The maximum atomic E-state index is 12.4. The van der Waals surface area contributed by atoms with E-state index in [1.165, 1.54) is 20.1 Å². The van der Waals surface area contributed by atoms with Gasteiger partial charge in [0.05, 0.1) is 31.6 Å². The highest BCUT2D eigenvalue weighted by Crippen LogP contribution is 2.28. The van der Waals surface area contributed by atoms with E-state index in [2.05, 4.69) is 5.32 Å². The fourth-order valence-electron chi connectivity index (χ4n) is 2.44. The minimum absolute atomic E-state index is 0.263. The zero-order valence-electron chi connectivity index (χ0n) is 16.5. The topological polar surface area (TPSA) is 83.1 Å². The summed E-state index contributed by atoms with van der Waals surface area (Å²) in [5, 5.41) is 2.72.